The Morgan fingerprint density at radius 3 is 3.00 bits per heavy atom. The lowest BCUT2D eigenvalue weighted by Crippen LogP contribution is -2.32. The first-order valence-electron chi connectivity index (χ1n) is 5.62. The predicted molar refractivity (Wildman–Crippen MR) is 65.8 cm³/mol. The Labute approximate surface area is 105 Å². The van der Waals surface area contributed by atoms with Gasteiger partial charge < -0.3 is 15.0 Å². The van der Waals surface area contributed by atoms with Crippen LogP contribution in [0.2, 0.25) is 0 Å². The zero-order valence-electron chi connectivity index (χ0n) is 10.1. The summed E-state index contributed by atoms with van der Waals surface area (Å²) in [5.41, 5.74) is 0. The number of hydrogen-bond acceptors (Lipinski definition) is 4. The van der Waals surface area contributed by atoms with Gasteiger partial charge in [0.25, 0.3) is 0 Å². The van der Waals surface area contributed by atoms with Crippen molar-refractivity contribution in [2.75, 3.05) is 0 Å². The number of hydrogen-bond donors (Lipinski definition) is 3. The van der Waals surface area contributed by atoms with Crippen molar-refractivity contribution in [2.24, 2.45) is 0 Å². The second kappa shape index (κ2) is 6.51. The molecular weight excluding hydrogens is 240 g/mol. The predicted octanol–water partition coefficient (Wildman–Crippen LogP) is 0.738. The minimum atomic E-state index is -0.194. The highest BCUT2D eigenvalue weighted by Gasteiger charge is 2.09. The molecule has 96 valence electrons. The summed E-state index contributed by atoms with van der Waals surface area (Å²) >= 11 is 5.00. The Morgan fingerprint density at radius 2 is 2.41 bits per heavy atom. The van der Waals surface area contributed by atoms with Crippen LogP contribution >= 0.6 is 12.2 Å². The van der Waals surface area contributed by atoms with Crippen LogP contribution in [0, 0.1) is 4.77 Å². The van der Waals surface area contributed by atoms with Crippen molar-refractivity contribution in [3.63, 3.8) is 0 Å². The van der Waals surface area contributed by atoms with Crippen LogP contribution < -0.4 is 5.32 Å². The first-order valence-corrected chi connectivity index (χ1v) is 6.03. The average Bonchev–Trinajstić information content (AvgIpc) is 2.67. The number of aromatic amines is 1. The number of aliphatic hydroxyl groups excluding tert-OH is 1. The van der Waals surface area contributed by atoms with Gasteiger partial charge in [-0.3, -0.25) is 9.89 Å². The molecule has 1 heterocycles. The summed E-state index contributed by atoms with van der Waals surface area (Å²) in [6.07, 6.45) is 1.23. The third kappa shape index (κ3) is 3.94. The molecule has 0 aliphatic rings. The topological polar surface area (TPSA) is 82.9 Å². The lowest BCUT2D eigenvalue weighted by molar-refractivity contribution is -0.121. The van der Waals surface area contributed by atoms with E-state index in [1.54, 1.807) is 4.57 Å². The molecule has 0 saturated carbocycles. The standard InChI is InChI=1S/C10H18N4O2S/c1-3-7(2)11-9(16)4-5-14-8(6-15)12-13-10(14)17/h7,15H,3-6H2,1-2H3,(H,11,16)(H,13,17). The number of rotatable bonds is 6. The van der Waals surface area contributed by atoms with Crippen LogP contribution in [0.4, 0.5) is 0 Å². The molecule has 0 aromatic carbocycles. The SMILES string of the molecule is CCC(C)NC(=O)CCn1c(CO)n[nH]c1=S. The molecule has 0 radical (unpaired) electrons. The Hall–Kier alpha value is -1.21. The van der Waals surface area contributed by atoms with Crippen molar-refractivity contribution in [2.45, 2.75) is 45.9 Å². The second-order valence-electron chi connectivity index (χ2n) is 3.88. The third-order valence-corrected chi connectivity index (χ3v) is 2.87. The summed E-state index contributed by atoms with van der Waals surface area (Å²) < 4.78 is 2.05. The molecule has 1 rings (SSSR count). The lowest BCUT2D eigenvalue weighted by atomic mass is 10.2. The Bertz CT molecular complexity index is 426. The summed E-state index contributed by atoms with van der Waals surface area (Å²) in [5, 5.41) is 18.3. The van der Waals surface area contributed by atoms with Gasteiger partial charge in [-0.2, -0.15) is 5.10 Å². The van der Waals surface area contributed by atoms with Gasteiger partial charge in [0, 0.05) is 19.0 Å². The third-order valence-electron chi connectivity index (χ3n) is 2.56. The van der Waals surface area contributed by atoms with E-state index >= 15 is 0 Å². The van der Waals surface area contributed by atoms with Crippen LogP contribution in [0.15, 0.2) is 0 Å². The first-order chi connectivity index (χ1) is 8.08. The van der Waals surface area contributed by atoms with Crippen LogP contribution in [0.3, 0.4) is 0 Å². The number of nitrogens with one attached hydrogen (secondary N) is 2. The number of carbonyl (C=O) groups excluding carboxylic acids is 1. The molecule has 0 fully saturated rings. The number of aliphatic hydroxyl groups is 1. The van der Waals surface area contributed by atoms with Gasteiger partial charge in [-0.25, -0.2) is 0 Å². The fourth-order valence-electron chi connectivity index (χ4n) is 1.36. The molecule has 6 nitrogen and oxygen atoms in total. The molecule has 7 heteroatoms. The zero-order valence-corrected chi connectivity index (χ0v) is 10.9. The molecule has 0 aliphatic carbocycles. The molecule has 1 aromatic rings. The minimum Gasteiger partial charge on any atom is -0.388 e. The minimum absolute atomic E-state index is 0.0219. The molecule has 3 N–H and O–H groups in total. The van der Waals surface area contributed by atoms with Gasteiger partial charge in [-0.15, -0.1) is 0 Å². The van der Waals surface area contributed by atoms with E-state index in [0.717, 1.165) is 6.42 Å². The average molecular weight is 258 g/mol. The highest BCUT2D eigenvalue weighted by Crippen LogP contribution is 2.00. The van der Waals surface area contributed by atoms with E-state index in [0.29, 0.717) is 23.6 Å². The summed E-state index contributed by atoms with van der Waals surface area (Å²) in [6, 6.07) is 0.178. The number of carbonyl (C=O) groups is 1. The van der Waals surface area contributed by atoms with Gasteiger partial charge in [-0.1, -0.05) is 6.92 Å². The van der Waals surface area contributed by atoms with E-state index in [4.69, 9.17) is 17.3 Å². The monoisotopic (exact) mass is 258 g/mol. The van der Waals surface area contributed by atoms with Crippen LogP contribution in [0.25, 0.3) is 0 Å². The fourth-order valence-corrected chi connectivity index (χ4v) is 1.61. The molecule has 1 unspecified atom stereocenters. The maximum atomic E-state index is 11.6. The van der Waals surface area contributed by atoms with Crippen LogP contribution in [0.5, 0.6) is 0 Å². The quantitative estimate of drug-likeness (QED) is 0.657. The first kappa shape index (κ1) is 13.9. The van der Waals surface area contributed by atoms with E-state index < -0.39 is 0 Å². The van der Waals surface area contributed by atoms with E-state index in [9.17, 15) is 4.79 Å². The molecule has 1 aromatic heterocycles. The van der Waals surface area contributed by atoms with Crippen molar-refractivity contribution in [1.82, 2.24) is 20.1 Å². The van der Waals surface area contributed by atoms with Gasteiger partial charge in [0.2, 0.25) is 5.91 Å². The number of amides is 1. The van der Waals surface area contributed by atoms with Crippen molar-refractivity contribution in [3.8, 4) is 0 Å². The molecule has 0 bridgehead atoms. The van der Waals surface area contributed by atoms with E-state index in [1.165, 1.54) is 0 Å². The summed E-state index contributed by atoms with van der Waals surface area (Å²) in [5.74, 6) is 0.428. The van der Waals surface area contributed by atoms with Gasteiger partial charge in [0.05, 0.1) is 0 Å². The summed E-state index contributed by atoms with van der Waals surface area (Å²) in [7, 11) is 0. The summed E-state index contributed by atoms with van der Waals surface area (Å²) in [4.78, 5) is 11.6. The van der Waals surface area contributed by atoms with Crippen LogP contribution in [-0.4, -0.2) is 31.8 Å². The smallest absolute Gasteiger partial charge is 0.222 e. The normalized spacial score (nSPS) is 12.4. The molecular formula is C10H18N4O2S. The maximum absolute atomic E-state index is 11.6. The van der Waals surface area contributed by atoms with Crippen molar-refractivity contribution >= 4 is 18.1 Å². The van der Waals surface area contributed by atoms with E-state index in [1.807, 2.05) is 13.8 Å². The Kier molecular flexibility index (Phi) is 5.30. The van der Waals surface area contributed by atoms with Crippen molar-refractivity contribution in [1.29, 1.82) is 0 Å². The fraction of sp³-hybridized carbons (Fsp3) is 0.700. The highest BCUT2D eigenvalue weighted by molar-refractivity contribution is 7.71. The van der Waals surface area contributed by atoms with Crippen LogP contribution in [0.1, 0.15) is 32.5 Å². The van der Waals surface area contributed by atoms with Crippen molar-refractivity contribution in [3.05, 3.63) is 10.6 Å². The van der Waals surface area contributed by atoms with E-state index in [-0.39, 0.29) is 18.6 Å². The molecule has 0 spiro atoms. The number of H-pyrrole nitrogens is 1. The Morgan fingerprint density at radius 1 is 1.71 bits per heavy atom. The maximum Gasteiger partial charge on any atom is 0.222 e. The summed E-state index contributed by atoms with van der Waals surface area (Å²) in [6.45, 7) is 4.20. The largest absolute Gasteiger partial charge is 0.388 e. The molecule has 1 amide bonds. The van der Waals surface area contributed by atoms with E-state index in [2.05, 4.69) is 15.5 Å². The number of nitrogens with zero attached hydrogens (tertiary/aromatic N) is 2. The van der Waals surface area contributed by atoms with Crippen LogP contribution in [-0.2, 0) is 17.9 Å². The van der Waals surface area contributed by atoms with Gasteiger partial charge >= 0.3 is 0 Å². The molecule has 0 aliphatic heterocycles. The zero-order chi connectivity index (χ0) is 12.8. The second-order valence-corrected chi connectivity index (χ2v) is 4.27. The molecule has 17 heavy (non-hydrogen) atoms. The highest BCUT2D eigenvalue weighted by atomic mass is 32.1. The van der Waals surface area contributed by atoms with Gasteiger partial charge in [-0.05, 0) is 25.6 Å². The molecule has 0 saturated heterocycles. The lowest BCUT2D eigenvalue weighted by Gasteiger charge is -2.11. The molecule has 1 atom stereocenters. The Balaban J connectivity index is 2.52. The number of aromatic nitrogens is 3. The van der Waals surface area contributed by atoms with Gasteiger partial charge in [0.15, 0.2) is 10.6 Å². The van der Waals surface area contributed by atoms with Gasteiger partial charge in [0.1, 0.15) is 6.61 Å². The van der Waals surface area contributed by atoms with Crippen molar-refractivity contribution < 1.29 is 9.90 Å².